The fourth-order valence-corrected chi connectivity index (χ4v) is 2.82. The van der Waals surface area contributed by atoms with E-state index < -0.39 is 17.7 Å². The normalized spacial score (nSPS) is 26.2. The van der Waals surface area contributed by atoms with E-state index in [1.54, 1.807) is 4.90 Å². The van der Waals surface area contributed by atoms with Gasteiger partial charge in [0, 0.05) is 25.7 Å². The number of β-amino-alcohol motifs (C(OH)–C–C–N with tert-alkyl or cyclic N) is 1. The van der Waals surface area contributed by atoms with E-state index in [2.05, 4.69) is 5.32 Å². The summed E-state index contributed by atoms with van der Waals surface area (Å²) in [6, 6.07) is 3.31. The number of piperidine rings is 1. The van der Waals surface area contributed by atoms with Crippen molar-refractivity contribution in [2.45, 2.75) is 44.9 Å². The fourth-order valence-electron chi connectivity index (χ4n) is 2.82. The van der Waals surface area contributed by atoms with E-state index in [1.807, 2.05) is 6.92 Å². The molecule has 2 N–H and O–H groups in total. The number of anilines is 1. The monoisotopic (exact) mass is 296 g/mol. The van der Waals surface area contributed by atoms with Crippen LogP contribution in [-0.2, 0) is 6.54 Å². The Bertz CT molecular complexity index is 496. The van der Waals surface area contributed by atoms with Gasteiger partial charge in [0.05, 0.1) is 6.10 Å². The maximum Gasteiger partial charge on any atom is 0.149 e. The number of rotatable bonds is 4. The van der Waals surface area contributed by atoms with Crippen molar-refractivity contribution in [3.8, 4) is 0 Å². The zero-order valence-corrected chi connectivity index (χ0v) is 12.3. The SMILES string of the molecule is CC1CCN(c2c(F)cc(CNC3CC3)cc2F)CC1O. The molecule has 2 atom stereocenters. The molecule has 0 amide bonds. The molecule has 0 aromatic heterocycles. The highest BCUT2D eigenvalue weighted by molar-refractivity contribution is 5.51. The van der Waals surface area contributed by atoms with Crippen molar-refractivity contribution in [2.75, 3.05) is 18.0 Å². The quantitative estimate of drug-likeness (QED) is 0.896. The molecule has 21 heavy (non-hydrogen) atoms. The lowest BCUT2D eigenvalue weighted by molar-refractivity contribution is 0.102. The number of nitrogens with one attached hydrogen (secondary N) is 1. The second kappa shape index (κ2) is 5.89. The Morgan fingerprint density at radius 2 is 1.90 bits per heavy atom. The van der Waals surface area contributed by atoms with Crippen molar-refractivity contribution in [1.82, 2.24) is 5.32 Å². The molecule has 5 heteroatoms. The van der Waals surface area contributed by atoms with Crippen molar-refractivity contribution in [2.24, 2.45) is 5.92 Å². The Hall–Kier alpha value is -1.20. The molecule has 116 valence electrons. The first-order chi connectivity index (χ1) is 10.0. The van der Waals surface area contributed by atoms with E-state index in [-0.39, 0.29) is 18.2 Å². The first-order valence-corrected chi connectivity index (χ1v) is 7.69. The third kappa shape index (κ3) is 3.35. The van der Waals surface area contributed by atoms with Crippen LogP contribution in [0.2, 0.25) is 0 Å². The van der Waals surface area contributed by atoms with Crippen LogP contribution in [0.4, 0.5) is 14.5 Å². The largest absolute Gasteiger partial charge is 0.391 e. The number of halogens is 2. The van der Waals surface area contributed by atoms with Crippen LogP contribution in [0.1, 0.15) is 31.7 Å². The minimum Gasteiger partial charge on any atom is -0.391 e. The summed E-state index contributed by atoms with van der Waals surface area (Å²) >= 11 is 0. The molecule has 1 aliphatic carbocycles. The third-order valence-corrected chi connectivity index (χ3v) is 4.48. The average Bonchev–Trinajstić information content (AvgIpc) is 3.24. The van der Waals surface area contributed by atoms with Gasteiger partial charge in [-0.15, -0.1) is 0 Å². The summed E-state index contributed by atoms with van der Waals surface area (Å²) in [5, 5.41) is 13.2. The van der Waals surface area contributed by atoms with Crippen LogP contribution in [-0.4, -0.2) is 30.3 Å². The van der Waals surface area contributed by atoms with Gasteiger partial charge in [-0.1, -0.05) is 6.92 Å². The molecule has 2 aliphatic rings. The molecule has 1 saturated heterocycles. The Morgan fingerprint density at radius 3 is 2.48 bits per heavy atom. The van der Waals surface area contributed by atoms with E-state index in [0.29, 0.717) is 24.7 Å². The first kappa shape index (κ1) is 14.7. The molecule has 1 heterocycles. The maximum atomic E-state index is 14.3. The van der Waals surface area contributed by atoms with Gasteiger partial charge in [-0.05, 0) is 42.9 Å². The van der Waals surface area contributed by atoms with Gasteiger partial charge < -0.3 is 15.3 Å². The number of aliphatic hydroxyl groups excluding tert-OH is 1. The molecule has 3 nitrogen and oxygen atoms in total. The van der Waals surface area contributed by atoms with Crippen LogP contribution in [0.15, 0.2) is 12.1 Å². The number of aliphatic hydroxyl groups is 1. The summed E-state index contributed by atoms with van der Waals surface area (Å²) in [7, 11) is 0. The van der Waals surface area contributed by atoms with Crippen LogP contribution < -0.4 is 10.2 Å². The highest BCUT2D eigenvalue weighted by Gasteiger charge is 2.28. The van der Waals surface area contributed by atoms with Crippen LogP contribution in [0, 0.1) is 17.6 Å². The van der Waals surface area contributed by atoms with Crippen molar-refractivity contribution in [1.29, 1.82) is 0 Å². The average molecular weight is 296 g/mol. The molecule has 1 aromatic rings. The van der Waals surface area contributed by atoms with Gasteiger partial charge in [0.1, 0.15) is 17.3 Å². The minimum absolute atomic E-state index is 0.00359. The summed E-state index contributed by atoms with van der Waals surface area (Å²) in [6.45, 7) is 3.32. The van der Waals surface area contributed by atoms with E-state index in [4.69, 9.17) is 0 Å². The molecule has 0 spiro atoms. The molecule has 1 aromatic carbocycles. The van der Waals surface area contributed by atoms with E-state index in [1.165, 1.54) is 12.1 Å². The van der Waals surface area contributed by atoms with Gasteiger partial charge >= 0.3 is 0 Å². The summed E-state index contributed by atoms with van der Waals surface area (Å²) < 4.78 is 28.5. The number of hydrogen-bond donors (Lipinski definition) is 2. The van der Waals surface area contributed by atoms with Gasteiger partial charge in [0.15, 0.2) is 0 Å². The Labute approximate surface area is 124 Å². The molecular weight excluding hydrogens is 274 g/mol. The van der Waals surface area contributed by atoms with E-state index in [9.17, 15) is 13.9 Å². The van der Waals surface area contributed by atoms with Gasteiger partial charge in [-0.2, -0.15) is 0 Å². The zero-order chi connectivity index (χ0) is 15.0. The van der Waals surface area contributed by atoms with Crippen LogP contribution >= 0.6 is 0 Å². The molecule has 0 bridgehead atoms. The molecule has 2 fully saturated rings. The van der Waals surface area contributed by atoms with Gasteiger partial charge in [-0.25, -0.2) is 8.78 Å². The van der Waals surface area contributed by atoms with Gasteiger partial charge in [0.25, 0.3) is 0 Å². The summed E-state index contributed by atoms with van der Waals surface area (Å²) in [5.41, 5.74) is 0.627. The summed E-state index contributed by atoms with van der Waals surface area (Å²) in [6.07, 6.45) is 2.50. The topological polar surface area (TPSA) is 35.5 Å². The van der Waals surface area contributed by atoms with Crippen molar-refractivity contribution in [3.05, 3.63) is 29.3 Å². The predicted octanol–water partition coefficient (Wildman–Crippen LogP) is 2.42. The standard InChI is InChI=1S/C16H22F2N2O/c1-10-4-5-20(9-15(10)21)16-13(17)6-11(7-14(16)18)8-19-12-2-3-12/h6-7,10,12,15,19,21H,2-5,8-9H2,1H3. The second-order valence-corrected chi connectivity index (χ2v) is 6.34. The second-order valence-electron chi connectivity index (χ2n) is 6.34. The van der Waals surface area contributed by atoms with Crippen LogP contribution in [0.25, 0.3) is 0 Å². The first-order valence-electron chi connectivity index (χ1n) is 7.69. The smallest absolute Gasteiger partial charge is 0.149 e. The van der Waals surface area contributed by atoms with Gasteiger partial charge in [0.2, 0.25) is 0 Å². The zero-order valence-electron chi connectivity index (χ0n) is 12.3. The van der Waals surface area contributed by atoms with E-state index >= 15 is 0 Å². The number of benzene rings is 1. The third-order valence-electron chi connectivity index (χ3n) is 4.48. The Balaban J connectivity index is 1.75. The predicted molar refractivity (Wildman–Crippen MR) is 78.2 cm³/mol. The van der Waals surface area contributed by atoms with Crippen molar-refractivity contribution >= 4 is 5.69 Å². The Kier molecular flexibility index (Phi) is 4.13. The van der Waals surface area contributed by atoms with Crippen LogP contribution in [0.3, 0.4) is 0 Å². The molecule has 1 saturated carbocycles. The van der Waals surface area contributed by atoms with E-state index in [0.717, 1.165) is 19.3 Å². The Morgan fingerprint density at radius 1 is 1.24 bits per heavy atom. The van der Waals surface area contributed by atoms with Crippen LogP contribution in [0.5, 0.6) is 0 Å². The molecule has 2 unspecified atom stereocenters. The summed E-state index contributed by atoms with van der Waals surface area (Å²) in [4.78, 5) is 1.62. The number of hydrogen-bond acceptors (Lipinski definition) is 3. The lowest BCUT2D eigenvalue weighted by Gasteiger charge is -2.36. The van der Waals surface area contributed by atoms with Crippen molar-refractivity contribution < 1.29 is 13.9 Å². The lowest BCUT2D eigenvalue weighted by atomic mass is 9.95. The summed E-state index contributed by atoms with van der Waals surface area (Å²) in [5.74, 6) is -0.900. The lowest BCUT2D eigenvalue weighted by Crippen LogP contribution is -2.43. The minimum atomic E-state index is -0.538. The van der Waals surface area contributed by atoms with Gasteiger partial charge in [-0.3, -0.25) is 0 Å². The highest BCUT2D eigenvalue weighted by Crippen LogP contribution is 2.29. The maximum absolute atomic E-state index is 14.3. The number of nitrogens with zero attached hydrogens (tertiary/aromatic N) is 1. The van der Waals surface area contributed by atoms with Crippen molar-refractivity contribution in [3.63, 3.8) is 0 Å². The molecule has 3 rings (SSSR count). The molecule has 1 aliphatic heterocycles. The molecule has 0 radical (unpaired) electrons. The fraction of sp³-hybridized carbons (Fsp3) is 0.625. The highest BCUT2D eigenvalue weighted by atomic mass is 19.1. The molecular formula is C16H22F2N2O.